The summed E-state index contributed by atoms with van der Waals surface area (Å²) in [4.78, 5) is 10.6. The highest BCUT2D eigenvalue weighted by Crippen LogP contribution is 2.20. The number of nitrogen functional groups attached to an aromatic ring is 1. The Hall–Kier alpha value is -1.56. The molecule has 0 radical (unpaired) electrons. The second-order valence-electron chi connectivity index (χ2n) is 5.00. The molecule has 1 aromatic rings. The molecule has 2 rings (SSSR count). The molecule has 0 saturated carbocycles. The van der Waals surface area contributed by atoms with Crippen LogP contribution in [0.3, 0.4) is 0 Å². The van der Waals surface area contributed by atoms with Crippen LogP contribution in [0.15, 0.2) is 6.07 Å². The van der Waals surface area contributed by atoms with Gasteiger partial charge in [-0.25, -0.2) is 0 Å². The lowest BCUT2D eigenvalue weighted by molar-refractivity contribution is 0.110. The van der Waals surface area contributed by atoms with Crippen LogP contribution in [0, 0.1) is 0 Å². The number of nitrogens with one attached hydrogen (secondary N) is 1. The minimum Gasteiger partial charge on any atom is -0.474 e. The summed E-state index contributed by atoms with van der Waals surface area (Å²) in [5.74, 6) is 1.56. The Kier molecular flexibility index (Phi) is 4.79. The van der Waals surface area contributed by atoms with Gasteiger partial charge in [-0.05, 0) is 26.3 Å². The Labute approximate surface area is 114 Å². The summed E-state index contributed by atoms with van der Waals surface area (Å²) in [7, 11) is 2.13. The second kappa shape index (κ2) is 6.56. The van der Waals surface area contributed by atoms with Crippen molar-refractivity contribution in [2.45, 2.75) is 32.3 Å². The lowest BCUT2D eigenvalue weighted by Gasteiger charge is -2.29. The predicted molar refractivity (Wildman–Crippen MR) is 76.4 cm³/mol. The van der Waals surface area contributed by atoms with E-state index in [2.05, 4.69) is 34.2 Å². The third-order valence-electron chi connectivity index (χ3n) is 3.23. The first-order valence-electron chi connectivity index (χ1n) is 6.91. The Balaban J connectivity index is 1.97. The van der Waals surface area contributed by atoms with Gasteiger partial charge in [0.05, 0.1) is 0 Å². The first-order chi connectivity index (χ1) is 9.17. The van der Waals surface area contributed by atoms with Crippen LogP contribution in [0.5, 0.6) is 5.88 Å². The molecule has 6 heteroatoms. The molecule has 1 aliphatic heterocycles. The molecule has 2 heterocycles. The van der Waals surface area contributed by atoms with Gasteiger partial charge in [0.2, 0.25) is 11.8 Å². The van der Waals surface area contributed by atoms with Gasteiger partial charge >= 0.3 is 0 Å². The molecular weight excluding hydrogens is 242 g/mol. The van der Waals surface area contributed by atoms with Crippen molar-refractivity contribution in [1.29, 1.82) is 0 Å². The molecule has 1 saturated heterocycles. The molecule has 0 bridgehead atoms. The number of anilines is 2. The van der Waals surface area contributed by atoms with Crippen molar-refractivity contribution in [3.8, 4) is 5.88 Å². The molecule has 6 nitrogen and oxygen atoms in total. The van der Waals surface area contributed by atoms with Gasteiger partial charge in [-0.3, -0.25) is 0 Å². The fraction of sp³-hybridized carbons (Fsp3) is 0.692. The summed E-state index contributed by atoms with van der Waals surface area (Å²) in [6.07, 6.45) is 3.32. The first-order valence-corrected chi connectivity index (χ1v) is 6.91. The molecule has 0 atom stereocenters. The minimum absolute atomic E-state index is 0.226. The standard InChI is InChI=1S/C13H23N5O/c1-3-6-15-11-9-12(17-13(14)16-11)19-10-4-7-18(2)8-5-10/h9-10H,3-8H2,1-2H3,(H3,14,15,16,17). The normalized spacial score (nSPS) is 17.4. The minimum atomic E-state index is 0.226. The van der Waals surface area contributed by atoms with Crippen LogP contribution in [0.25, 0.3) is 0 Å². The van der Waals surface area contributed by atoms with E-state index in [1.54, 1.807) is 0 Å². The number of nitrogens with zero attached hydrogens (tertiary/aromatic N) is 3. The summed E-state index contributed by atoms with van der Waals surface area (Å²) in [5, 5.41) is 3.20. The van der Waals surface area contributed by atoms with E-state index in [9.17, 15) is 0 Å². The fourth-order valence-electron chi connectivity index (χ4n) is 2.12. The van der Waals surface area contributed by atoms with Crippen LogP contribution >= 0.6 is 0 Å². The van der Waals surface area contributed by atoms with Gasteiger partial charge in [-0.2, -0.15) is 9.97 Å². The van der Waals surface area contributed by atoms with Crippen LogP contribution in [0.2, 0.25) is 0 Å². The van der Waals surface area contributed by atoms with Gasteiger partial charge in [0.15, 0.2) is 0 Å². The lowest BCUT2D eigenvalue weighted by Crippen LogP contribution is -2.35. The van der Waals surface area contributed by atoms with Gasteiger partial charge in [0.25, 0.3) is 0 Å². The third kappa shape index (κ3) is 4.24. The van der Waals surface area contributed by atoms with Crippen molar-refractivity contribution >= 4 is 11.8 Å². The fourth-order valence-corrected chi connectivity index (χ4v) is 2.12. The summed E-state index contributed by atoms with van der Waals surface area (Å²) in [6.45, 7) is 5.09. The number of hydrogen-bond donors (Lipinski definition) is 2. The molecule has 0 aromatic carbocycles. The van der Waals surface area contributed by atoms with Crippen molar-refractivity contribution in [3.05, 3.63) is 6.07 Å². The largest absolute Gasteiger partial charge is 0.474 e. The molecule has 0 unspecified atom stereocenters. The van der Waals surface area contributed by atoms with E-state index in [1.165, 1.54) is 0 Å². The molecule has 106 valence electrons. The van der Waals surface area contributed by atoms with E-state index in [4.69, 9.17) is 10.5 Å². The smallest absolute Gasteiger partial charge is 0.225 e. The molecule has 1 fully saturated rings. The molecule has 3 N–H and O–H groups in total. The number of ether oxygens (including phenoxy) is 1. The second-order valence-corrected chi connectivity index (χ2v) is 5.00. The SMILES string of the molecule is CCCNc1cc(OC2CCN(C)CC2)nc(N)n1. The lowest BCUT2D eigenvalue weighted by atomic mass is 10.1. The van der Waals surface area contributed by atoms with Crippen LogP contribution in [-0.2, 0) is 0 Å². The molecule has 1 aliphatic rings. The van der Waals surface area contributed by atoms with Crippen LogP contribution in [-0.4, -0.2) is 47.7 Å². The number of aromatic nitrogens is 2. The van der Waals surface area contributed by atoms with Crippen LogP contribution < -0.4 is 15.8 Å². The Morgan fingerprint density at radius 1 is 1.42 bits per heavy atom. The molecule has 19 heavy (non-hydrogen) atoms. The van der Waals surface area contributed by atoms with E-state index in [0.717, 1.165) is 44.7 Å². The van der Waals surface area contributed by atoms with Crippen molar-refractivity contribution in [1.82, 2.24) is 14.9 Å². The van der Waals surface area contributed by atoms with E-state index in [1.807, 2.05) is 6.07 Å². The quantitative estimate of drug-likeness (QED) is 0.837. The summed E-state index contributed by atoms with van der Waals surface area (Å²) >= 11 is 0. The summed E-state index contributed by atoms with van der Waals surface area (Å²) in [6, 6.07) is 1.82. The average molecular weight is 265 g/mol. The highest BCUT2D eigenvalue weighted by molar-refractivity contribution is 5.42. The number of piperidine rings is 1. The van der Waals surface area contributed by atoms with E-state index >= 15 is 0 Å². The maximum Gasteiger partial charge on any atom is 0.225 e. The predicted octanol–water partition coefficient (Wildman–Crippen LogP) is 1.35. The number of hydrogen-bond acceptors (Lipinski definition) is 6. The molecule has 0 aliphatic carbocycles. The van der Waals surface area contributed by atoms with E-state index in [-0.39, 0.29) is 12.1 Å². The number of rotatable bonds is 5. The highest BCUT2D eigenvalue weighted by Gasteiger charge is 2.18. The molecule has 0 amide bonds. The van der Waals surface area contributed by atoms with Crippen LogP contribution in [0.1, 0.15) is 26.2 Å². The number of likely N-dealkylation sites (tertiary alicyclic amines) is 1. The molecule has 1 aromatic heterocycles. The summed E-state index contributed by atoms with van der Waals surface area (Å²) in [5.41, 5.74) is 5.71. The van der Waals surface area contributed by atoms with Crippen molar-refractivity contribution in [2.75, 3.05) is 37.7 Å². The number of nitrogens with two attached hydrogens (primary N) is 1. The topological polar surface area (TPSA) is 76.3 Å². The van der Waals surface area contributed by atoms with Crippen molar-refractivity contribution < 1.29 is 4.74 Å². The van der Waals surface area contributed by atoms with Gasteiger partial charge in [-0.1, -0.05) is 6.92 Å². The molecule has 0 spiro atoms. The van der Waals surface area contributed by atoms with Crippen molar-refractivity contribution in [3.63, 3.8) is 0 Å². The summed E-state index contributed by atoms with van der Waals surface area (Å²) < 4.78 is 5.91. The maximum absolute atomic E-state index is 5.91. The van der Waals surface area contributed by atoms with Gasteiger partial charge in [0, 0.05) is 25.7 Å². The van der Waals surface area contributed by atoms with Gasteiger partial charge in [0.1, 0.15) is 11.9 Å². The monoisotopic (exact) mass is 265 g/mol. The van der Waals surface area contributed by atoms with Crippen molar-refractivity contribution in [2.24, 2.45) is 0 Å². The third-order valence-corrected chi connectivity index (χ3v) is 3.23. The average Bonchev–Trinajstić information content (AvgIpc) is 2.38. The Morgan fingerprint density at radius 2 is 2.16 bits per heavy atom. The van der Waals surface area contributed by atoms with E-state index in [0.29, 0.717) is 5.88 Å². The maximum atomic E-state index is 5.91. The highest BCUT2D eigenvalue weighted by atomic mass is 16.5. The van der Waals surface area contributed by atoms with E-state index < -0.39 is 0 Å². The molecular formula is C13H23N5O. The zero-order chi connectivity index (χ0) is 13.7. The Morgan fingerprint density at radius 3 is 2.84 bits per heavy atom. The van der Waals surface area contributed by atoms with Gasteiger partial charge in [-0.15, -0.1) is 0 Å². The zero-order valence-electron chi connectivity index (χ0n) is 11.7. The van der Waals surface area contributed by atoms with Crippen LogP contribution in [0.4, 0.5) is 11.8 Å². The Bertz CT molecular complexity index is 404. The zero-order valence-corrected chi connectivity index (χ0v) is 11.7. The van der Waals surface area contributed by atoms with Gasteiger partial charge < -0.3 is 20.7 Å². The first kappa shape index (κ1) is 13.9.